The van der Waals surface area contributed by atoms with Crippen molar-refractivity contribution in [2.24, 2.45) is 5.73 Å². The van der Waals surface area contributed by atoms with Gasteiger partial charge in [-0.1, -0.05) is 0 Å². The molecule has 4 heteroatoms. The molecule has 0 rings (SSSR count). The zero-order chi connectivity index (χ0) is 6.73. The first-order valence-electron chi connectivity index (χ1n) is 2.17. The fourth-order valence-corrected chi connectivity index (χ4v) is 0.351. The summed E-state index contributed by atoms with van der Waals surface area (Å²) in [4.78, 5) is 10.0. The number of rotatable bonds is 2. The highest BCUT2D eigenvalue weighted by atomic mass is 35.5. The van der Waals surface area contributed by atoms with Crippen LogP contribution in [0.3, 0.4) is 0 Å². The Morgan fingerprint density at radius 3 is 2.25 bits per heavy atom. The maximum absolute atomic E-state index is 10.0. The van der Waals surface area contributed by atoms with E-state index in [0.717, 1.165) is 0 Å². The summed E-state index contributed by atoms with van der Waals surface area (Å²) in [5.41, 5.74) is 4.66. The Labute approximate surface area is 52.4 Å². The third-order valence-corrected chi connectivity index (χ3v) is 0.965. The van der Waals surface area contributed by atoms with Gasteiger partial charge in [0, 0.05) is 0 Å². The molecule has 3 N–H and O–H groups in total. The van der Waals surface area contributed by atoms with Crippen LogP contribution in [0.4, 0.5) is 0 Å². The molecule has 0 aromatic rings. The summed E-state index contributed by atoms with van der Waals surface area (Å²) in [5.74, 6) is -0.785. The summed E-state index contributed by atoms with van der Waals surface area (Å²) in [6, 6.07) is 0. The average molecular weight is 138 g/mol. The first kappa shape index (κ1) is 7.72. The van der Waals surface area contributed by atoms with E-state index in [2.05, 4.69) is 5.73 Å². The van der Waals surface area contributed by atoms with Gasteiger partial charge in [0.05, 0.1) is 5.38 Å². The summed E-state index contributed by atoms with van der Waals surface area (Å²) in [6.45, 7) is 1.50. The van der Waals surface area contributed by atoms with Crippen molar-refractivity contribution in [2.45, 2.75) is 18.4 Å². The predicted molar refractivity (Wildman–Crippen MR) is 30.5 cm³/mol. The van der Waals surface area contributed by atoms with Crippen LogP contribution in [0.2, 0.25) is 0 Å². The number of carbonyl (C=O) groups excluding carboxylic acids is 1. The van der Waals surface area contributed by atoms with Crippen LogP contribution < -0.4 is 5.73 Å². The van der Waals surface area contributed by atoms with E-state index in [1.165, 1.54) is 6.92 Å². The fourth-order valence-electron chi connectivity index (χ4n) is 0.226. The van der Waals surface area contributed by atoms with Crippen molar-refractivity contribution < 1.29 is 9.90 Å². The van der Waals surface area contributed by atoms with Gasteiger partial charge in [-0.2, -0.15) is 0 Å². The second kappa shape index (κ2) is 2.89. The first-order chi connectivity index (χ1) is 3.55. The molecule has 0 unspecified atom stereocenters. The maximum atomic E-state index is 10.0. The second-order valence-electron chi connectivity index (χ2n) is 1.52. The minimum atomic E-state index is -1.23. The molecule has 0 aliphatic rings. The molecule has 0 heterocycles. The maximum Gasteiger partial charge on any atom is 0.247 e. The number of aliphatic hydroxyl groups is 1. The highest BCUT2D eigenvalue weighted by Crippen LogP contribution is 1.98. The number of hydrogen-bond acceptors (Lipinski definition) is 2. The summed E-state index contributed by atoms with van der Waals surface area (Å²) < 4.78 is 0. The SMILES string of the molecule is C[C@@H](Cl)[C@@H](O)C(N)=O. The molecule has 3 nitrogen and oxygen atoms in total. The minimum Gasteiger partial charge on any atom is -0.382 e. The van der Waals surface area contributed by atoms with Gasteiger partial charge >= 0.3 is 0 Å². The van der Waals surface area contributed by atoms with Gasteiger partial charge in [-0.25, -0.2) is 0 Å². The quantitative estimate of drug-likeness (QED) is 0.502. The molecule has 0 aliphatic carbocycles. The molecule has 2 atom stereocenters. The Balaban J connectivity index is 3.64. The van der Waals surface area contributed by atoms with Gasteiger partial charge in [-0.15, -0.1) is 11.6 Å². The van der Waals surface area contributed by atoms with Crippen molar-refractivity contribution in [3.05, 3.63) is 0 Å². The Morgan fingerprint density at radius 2 is 2.25 bits per heavy atom. The molecule has 48 valence electrons. The van der Waals surface area contributed by atoms with E-state index in [1.54, 1.807) is 0 Å². The topological polar surface area (TPSA) is 63.3 Å². The number of hydrogen-bond donors (Lipinski definition) is 2. The van der Waals surface area contributed by atoms with E-state index in [0.29, 0.717) is 0 Å². The highest BCUT2D eigenvalue weighted by Gasteiger charge is 2.15. The molecular formula is C4H8ClNO2. The number of amides is 1. The largest absolute Gasteiger partial charge is 0.382 e. The molecule has 1 amide bonds. The first-order valence-corrected chi connectivity index (χ1v) is 2.61. The molecule has 0 fully saturated rings. The van der Waals surface area contributed by atoms with Crippen LogP contribution in [0.1, 0.15) is 6.92 Å². The lowest BCUT2D eigenvalue weighted by Gasteiger charge is -2.05. The molecule has 0 aromatic carbocycles. The third kappa shape index (κ3) is 2.14. The van der Waals surface area contributed by atoms with Gasteiger partial charge in [0.25, 0.3) is 0 Å². The monoisotopic (exact) mass is 137 g/mol. The van der Waals surface area contributed by atoms with Crippen molar-refractivity contribution >= 4 is 17.5 Å². The number of nitrogens with two attached hydrogens (primary N) is 1. The van der Waals surface area contributed by atoms with Crippen molar-refractivity contribution in [3.8, 4) is 0 Å². The van der Waals surface area contributed by atoms with Gasteiger partial charge < -0.3 is 10.8 Å². The van der Waals surface area contributed by atoms with Crippen LogP contribution in [0, 0.1) is 0 Å². The predicted octanol–water partition coefficient (Wildman–Crippen LogP) is -0.540. The number of aliphatic hydroxyl groups excluding tert-OH is 1. The Kier molecular flexibility index (Phi) is 2.79. The molecular weight excluding hydrogens is 130 g/mol. The average Bonchev–Trinajstić information content (AvgIpc) is 1.64. The van der Waals surface area contributed by atoms with Crippen LogP contribution in [-0.2, 0) is 4.79 Å². The molecule has 0 radical (unpaired) electrons. The Morgan fingerprint density at radius 1 is 1.88 bits per heavy atom. The smallest absolute Gasteiger partial charge is 0.247 e. The van der Waals surface area contributed by atoms with Crippen molar-refractivity contribution in [1.82, 2.24) is 0 Å². The molecule has 8 heavy (non-hydrogen) atoms. The van der Waals surface area contributed by atoms with Crippen LogP contribution in [-0.4, -0.2) is 22.5 Å². The van der Waals surface area contributed by atoms with Crippen LogP contribution in [0.5, 0.6) is 0 Å². The number of carbonyl (C=O) groups is 1. The van der Waals surface area contributed by atoms with Crippen LogP contribution in [0.25, 0.3) is 0 Å². The summed E-state index contributed by atoms with van der Waals surface area (Å²) in [5, 5.41) is 7.99. The van der Waals surface area contributed by atoms with Gasteiger partial charge in [0.1, 0.15) is 6.10 Å². The number of halogens is 1. The standard InChI is InChI=1S/C4H8ClNO2/c1-2(5)3(7)4(6)8/h2-3,7H,1H3,(H2,6,8)/t2-,3-/m1/s1. The Bertz CT molecular complexity index is 94.0. The molecule has 0 spiro atoms. The second-order valence-corrected chi connectivity index (χ2v) is 2.21. The van der Waals surface area contributed by atoms with E-state index < -0.39 is 17.4 Å². The van der Waals surface area contributed by atoms with Crippen LogP contribution >= 0.6 is 11.6 Å². The number of primary amides is 1. The lowest BCUT2D eigenvalue weighted by atomic mass is 10.3. The van der Waals surface area contributed by atoms with E-state index in [-0.39, 0.29) is 0 Å². The molecule has 0 aromatic heterocycles. The molecule has 0 saturated heterocycles. The van der Waals surface area contributed by atoms with Crippen molar-refractivity contribution in [2.75, 3.05) is 0 Å². The normalized spacial score (nSPS) is 17.4. The fraction of sp³-hybridized carbons (Fsp3) is 0.750. The summed E-state index contributed by atoms with van der Waals surface area (Å²) >= 11 is 5.27. The van der Waals surface area contributed by atoms with Gasteiger partial charge in [-0.05, 0) is 6.92 Å². The zero-order valence-corrected chi connectivity index (χ0v) is 5.22. The van der Waals surface area contributed by atoms with Gasteiger partial charge in [-0.3, -0.25) is 4.79 Å². The molecule has 0 bridgehead atoms. The van der Waals surface area contributed by atoms with E-state index in [9.17, 15) is 4.79 Å². The summed E-state index contributed by atoms with van der Waals surface area (Å²) in [6.07, 6.45) is -1.23. The lowest BCUT2D eigenvalue weighted by molar-refractivity contribution is -0.125. The van der Waals surface area contributed by atoms with E-state index >= 15 is 0 Å². The van der Waals surface area contributed by atoms with Crippen LogP contribution in [0.15, 0.2) is 0 Å². The van der Waals surface area contributed by atoms with Crippen molar-refractivity contribution in [1.29, 1.82) is 0 Å². The third-order valence-electron chi connectivity index (χ3n) is 0.727. The van der Waals surface area contributed by atoms with Gasteiger partial charge in [0.2, 0.25) is 5.91 Å². The summed E-state index contributed by atoms with van der Waals surface area (Å²) in [7, 11) is 0. The van der Waals surface area contributed by atoms with E-state index in [1.807, 2.05) is 0 Å². The molecule has 0 saturated carbocycles. The van der Waals surface area contributed by atoms with E-state index in [4.69, 9.17) is 16.7 Å². The zero-order valence-electron chi connectivity index (χ0n) is 4.47. The highest BCUT2D eigenvalue weighted by molar-refractivity contribution is 6.22. The van der Waals surface area contributed by atoms with Gasteiger partial charge in [0.15, 0.2) is 0 Å². The minimum absolute atomic E-state index is 0.604. The molecule has 0 aliphatic heterocycles. The number of alkyl halides is 1. The van der Waals surface area contributed by atoms with Crippen molar-refractivity contribution in [3.63, 3.8) is 0 Å². The Hall–Kier alpha value is -0.280. The lowest BCUT2D eigenvalue weighted by Crippen LogP contribution is -2.34.